The predicted molar refractivity (Wildman–Crippen MR) is 102 cm³/mol. The first-order valence-corrected chi connectivity index (χ1v) is 10.1. The average molecular weight is 366 g/mol. The van der Waals surface area contributed by atoms with Gasteiger partial charge in [0.2, 0.25) is 0 Å². The zero-order valence-corrected chi connectivity index (χ0v) is 15.7. The minimum Gasteiger partial charge on any atom is -0.497 e. The Kier molecular flexibility index (Phi) is 3.74. The summed E-state index contributed by atoms with van der Waals surface area (Å²) in [6.45, 7) is 0.852. The third-order valence-electron chi connectivity index (χ3n) is 6.24. The molecule has 1 unspecified atom stereocenters. The molecule has 0 N–H and O–H groups in total. The van der Waals surface area contributed by atoms with Gasteiger partial charge in [-0.1, -0.05) is 24.2 Å². The van der Waals surface area contributed by atoms with Crippen molar-refractivity contribution in [2.75, 3.05) is 13.7 Å². The minimum absolute atomic E-state index is 0.0771. The van der Waals surface area contributed by atoms with E-state index in [0.717, 1.165) is 42.1 Å². The number of amides is 1. The van der Waals surface area contributed by atoms with E-state index in [9.17, 15) is 4.79 Å². The third kappa shape index (κ3) is 2.29. The number of benzene rings is 1. The molecule has 1 aromatic heterocycles. The molecule has 2 fully saturated rings. The van der Waals surface area contributed by atoms with Gasteiger partial charge in [-0.05, 0) is 55.2 Å². The fourth-order valence-corrected chi connectivity index (χ4v) is 6.70. The molecule has 2 aromatic rings. The highest BCUT2D eigenvalue weighted by Gasteiger charge is 2.57. The maximum absolute atomic E-state index is 13.2. The van der Waals surface area contributed by atoms with E-state index in [1.54, 1.807) is 7.11 Å². The van der Waals surface area contributed by atoms with Gasteiger partial charge in [0, 0.05) is 29.0 Å². The monoisotopic (exact) mass is 366 g/mol. The molecule has 26 heavy (non-hydrogen) atoms. The van der Waals surface area contributed by atoms with Crippen LogP contribution in [0, 0.1) is 0 Å². The number of methoxy groups -OCH3 is 1. The van der Waals surface area contributed by atoms with E-state index in [4.69, 9.17) is 4.74 Å². The molecule has 0 radical (unpaired) electrons. The Balaban J connectivity index is 1.59. The molecule has 3 atom stereocenters. The molecule has 134 valence electrons. The lowest BCUT2D eigenvalue weighted by molar-refractivity contribution is 0.0637. The van der Waals surface area contributed by atoms with E-state index in [-0.39, 0.29) is 16.7 Å². The van der Waals surface area contributed by atoms with E-state index in [2.05, 4.69) is 22.0 Å². The number of pyridine rings is 1. The first-order valence-electron chi connectivity index (χ1n) is 9.31. The molecule has 3 heterocycles. The normalized spacial score (nSPS) is 29.3. The summed E-state index contributed by atoms with van der Waals surface area (Å²) >= 11 is 1.89. The lowest BCUT2D eigenvalue weighted by atomic mass is 9.70. The van der Waals surface area contributed by atoms with Crippen molar-refractivity contribution in [1.82, 2.24) is 9.88 Å². The van der Waals surface area contributed by atoms with E-state index in [1.165, 1.54) is 12.0 Å². The van der Waals surface area contributed by atoms with Gasteiger partial charge in [0.1, 0.15) is 5.75 Å². The van der Waals surface area contributed by atoms with Crippen LogP contribution in [0.4, 0.5) is 0 Å². The van der Waals surface area contributed by atoms with Gasteiger partial charge in [0.05, 0.1) is 18.2 Å². The van der Waals surface area contributed by atoms with Crippen molar-refractivity contribution in [3.05, 3.63) is 53.7 Å². The second-order valence-electron chi connectivity index (χ2n) is 7.48. The second-order valence-corrected chi connectivity index (χ2v) is 8.92. The van der Waals surface area contributed by atoms with Crippen molar-refractivity contribution in [2.45, 2.75) is 47.4 Å². The molecule has 1 aromatic carbocycles. The number of aromatic nitrogens is 1. The maximum atomic E-state index is 13.2. The van der Waals surface area contributed by atoms with Crippen LogP contribution in [0.3, 0.4) is 0 Å². The molecule has 1 aliphatic carbocycles. The summed E-state index contributed by atoms with van der Waals surface area (Å²) in [5.74, 6) is 1.43. The van der Waals surface area contributed by atoms with Crippen molar-refractivity contribution in [1.29, 1.82) is 0 Å². The lowest BCUT2D eigenvalue weighted by Crippen LogP contribution is -2.54. The van der Waals surface area contributed by atoms with Gasteiger partial charge >= 0.3 is 0 Å². The molecule has 2 aliphatic heterocycles. The molecule has 1 saturated carbocycles. The second kappa shape index (κ2) is 6.02. The molecule has 5 heteroatoms. The Bertz CT molecular complexity index is 856. The summed E-state index contributed by atoms with van der Waals surface area (Å²) in [6.07, 6.45) is 6.39. The number of fused-ring (bicyclic) bond motifs is 2. The molecule has 3 aliphatic rings. The number of rotatable bonds is 3. The number of nitrogens with zero attached hydrogens (tertiary/aromatic N) is 2. The number of ether oxygens (including phenoxy) is 1. The van der Waals surface area contributed by atoms with Crippen LogP contribution < -0.4 is 4.74 Å². The van der Waals surface area contributed by atoms with Gasteiger partial charge < -0.3 is 9.64 Å². The molecule has 0 spiro atoms. The van der Waals surface area contributed by atoms with E-state index in [1.807, 2.05) is 42.2 Å². The van der Waals surface area contributed by atoms with Gasteiger partial charge in [-0.3, -0.25) is 4.79 Å². The number of hydrogen-bond donors (Lipinski definition) is 0. The fourth-order valence-electron chi connectivity index (χ4n) is 5.17. The first-order chi connectivity index (χ1) is 12.7. The van der Waals surface area contributed by atoms with Crippen molar-refractivity contribution in [2.24, 2.45) is 0 Å². The van der Waals surface area contributed by atoms with E-state index < -0.39 is 0 Å². The van der Waals surface area contributed by atoms with Crippen LogP contribution in [0.15, 0.2) is 47.6 Å². The zero-order valence-electron chi connectivity index (χ0n) is 14.9. The molecule has 4 nitrogen and oxygen atoms in total. The van der Waals surface area contributed by atoms with Crippen LogP contribution in [-0.4, -0.2) is 40.2 Å². The number of carbonyl (C=O) groups excluding carboxylic acids is 1. The highest BCUT2D eigenvalue weighted by molar-refractivity contribution is 8.00. The van der Waals surface area contributed by atoms with Crippen molar-refractivity contribution < 1.29 is 9.53 Å². The lowest BCUT2D eigenvalue weighted by Gasteiger charge is -2.49. The first kappa shape index (κ1) is 16.2. The van der Waals surface area contributed by atoms with Gasteiger partial charge in [-0.15, -0.1) is 0 Å². The van der Waals surface area contributed by atoms with Crippen LogP contribution in [0.25, 0.3) is 0 Å². The van der Waals surface area contributed by atoms with Crippen molar-refractivity contribution in [3.63, 3.8) is 0 Å². The Hall–Kier alpha value is -2.01. The van der Waals surface area contributed by atoms with Crippen LogP contribution in [0.1, 0.15) is 47.5 Å². The van der Waals surface area contributed by atoms with Gasteiger partial charge in [-0.2, -0.15) is 0 Å². The SMILES string of the molecule is COc1ccc2c(c1)[C@@H]1CCCC3(Sc4ccccn4)CCN(C2=O)[C@H]13. The van der Waals surface area contributed by atoms with E-state index >= 15 is 0 Å². The number of hydrogen-bond acceptors (Lipinski definition) is 4. The molecular weight excluding hydrogens is 344 g/mol. The van der Waals surface area contributed by atoms with Crippen molar-refractivity contribution in [3.8, 4) is 5.75 Å². The highest BCUT2D eigenvalue weighted by Crippen LogP contribution is 2.58. The quantitative estimate of drug-likeness (QED) is 0.820. The Morgan fingerprint density at radius 2 is 2.19 bits per heavy atom. The van der Waals surface area contributed by atoms with Gasteiger partial charge in [0.15, 0.2) is 0 Å². The number of carbonyl (C=O) groups is 1. The van der Waals surface area contributed by atoms with Crippen LogP contribution in [0.5, 0.6) is 5.75 Å². The van der Waals surface area contributed by atoms with Gasteiger partial charge in [-0.25, -0.2) is 4.98 Å². The summed E-state index contributed by atoms with van der Waals surface area (Å²) in [6, 6.07) is 12.3. The van der Waals surface area contributed by atoms with E-state index in [0.29, 0.717) is 5.92 Å². The van der Waals surface area contributed by atoms with Crippen LogP contribution in [-0.2, 0) is 0 Å². The molecule has 5 rings (SSSR count). The zero-order chi connectivity index (χ0) is 17.7. The maximum Gasteiger partial charge on any atom is 0.254 e. The van der Waals surface area contributed by atoms with Crippen molar-refractivity contribution >= 4 is 17.7 Å². The Morgan fingerprint density at radius 3 is 3.00 bits per heavy atom. The summed E-state index contributed by atoms with van der Waals surface area (Å²) < 4.78 is 5.52. The molecule has 1 saturated heterocycles. The van der Waals surface area contributed by atoms with Crippen LogP contribution in [0.2, 0.25) is 0 Å². The largest absolute Gasteiger partial charge is 0.497 e. The topological polar surface area (TPSA) is 42.4 Å². The summed E-state index contributed by atoms with van der Waals surface area (Å²) in [4.78, 5) is 19.9. The molecule has 1 amide bonds. The van der Waals surface area contributed by atoms with Gasteiger partial charge in [0.25, 0.3) is 5.91 Å². The number of thioether (sulfide) groups is 1. The van der Waals surface area contributed by atoms with Crippen LogP contribution >= 0.6 is 11.8 Å². The fraction of sp³-hybridized carbons (Fsp3) is 0.429. The third-order valence-corrected chi connectivity index (χ3v) is 7.75. The average Bonchev–Trinajstić information content (AvgIpc) is 3.06. The summed E-state index contributed by atoms with van der Waals surface area (Å²) in [5.41, 5.74) is 2.05. The summed E-state index contributed by atoms with van der Waals surface area (Å²) in [5, 5.41) is 1.07. The molecule has 0 bridgehead atoms. The standard InChI is InChI=1S/C21H22N2O2S/c1-25-14-7-8-16-17(13-14)15-5-4-9-21(26-18-6-2-3-11-22-18)10-12-23(19(15)21)20(16)24/h2-3,6-8,11,13,15,19H,4-5,9-10,12H2,1H3/t15-,19+,21?/m0/s1. The Morgan fingerprint density at radius 1 is 1.27 bits per heavy atom. The predicted octanol–water partition coefficient (Wildman–Crippen LogP) is 4.12. The minimum atomic E-state index is 0.0771. The summed E-state index contributed by atoms with van der Waals surface area (Å²) in [7, 11) is 1.69. The smallest absolute Gasteiger partial charge is 0.254 e. The Labute approximate surface area is 157 Å². The highest BCUT2D eigenvalue weighted by atomic mass is 32.2. The molecular formula is C21H22N2O2S.